The molecule has 166 valence electrons. The van der Waals surface area contributed by atoms with Crippen LogP contribution in [0.5, 0.6) is 0 Å². The molecule has 7 heteroatoms. The Bertz CT molecular complexity index is 901. The van der Waals surface area contributed by atoms with Gasteiger partial charge < -0.3 is 15.1 Å². The summed E-state index contributed by atoms with van der Waals surface area (Å²) in [6, 6.07) is 10.6. The molecular formula is C24H31N3O3S. The number of hydrogen-bond donors (Lipinski definition) is 1. The zero-order chi connectivity index (χ0) is 22.4. The van der Waals surface area contributed by atoms with E-state index in [1.54, 1.807) is 11.0 Å². The highest BCUT2D eigenvalue weighted by atomic mass is 32.1. The number of rotatable bonds is 7. The summed E-state index contributed by atoms with van der Waals surface area (Å²) in [5.41, 5.74) is 1.75. The summed E-state index contributed by atoms with van der Waals surface area (Å²) in [6.07, 6.45) is 1.36. The second-order valence-electron chi connectivity index (χ2n) is 7.94. The van der Waals surface area contributed by atoms with Gasteiger partial charge in [-0.1, -0.05) is 23.8 Å². The van der Waals surface area contributed by atoms with Crippen LogP contribution in [0.1, 0.15) is 52.3 Å². The van der Waals surface area contributed by atoms with E-state index in [2.05, 4.69) is 5.32 Å². The Morgan fingerprint density at radius 2 is 1.84 bits per heavy atom. The number of benzene rings is 1. The molecule has 1 aromatic carbocycles. The highest BCUT2D eigenvalue weighted by Crippen LogP contribution is 2.24. The van der Waals surface area contributed by atoms with Gasteiger partial charge in [-0.2, -0.15) is 0 Å². The fraction of sp³-hybridized carbons (Fsp3) is 0.458. The number of likely N-dealkylation sites (tertiary alicyclic amines) is 1. The van der Waals surface area contributed by atoms with E-state index in [9.17, 15) is 14.4 Å². The lowest BCUT2D eigenvalue weighted by Gasteiger charge is -2.37. The number of nitrogens with zero attached hydrogens (tertiary/aromatic N) is 2. The number of amides is 3. The maximum atomic E-state index is 13.2. The van der Waals surface area contributed by atoms with Crippen LogP contribution in [-0.4, -0.2) is 59.7 Å². The van der Waals surface area contributed by atoms with Crippen LogP contribution in [0.4, 0.5) is 0 Å². The van der Waals surface area contributed by atoms with Crippen LogP contribution in [0.15, 0.2) is 41.8 Å². The van der Waals surface area contributed by atoms with E-state index in [4.69, 9.17) is 0 Å². The Balaban J connectivity index is 1.70. The Kier molecular flexibility index (Phi) is 7.85. The number of nitrogens with one attached hydrogen (secondary N) is 1. The lowest BCUT2D eigenvalue weighted by Crippen LogP contribution is -2.54. The summed E-state index contributed by atoms with van der Waals surface area (Å²) >= 11 is 1.36. The third-order valence-corrected chi connectivity index (χ3v) is 6.80. The number of thiophene rings is 1. The molecule has 1 fully saturated rings. The molecule has 1 aromatic heterocycles. The molecule has 1 aliphatic rings. The van der Waals surface area contributed by atoms with Gasteiger partial charge >= 0.3 is 0 Å². The van der Waals surface area contributed by atoms with Crippen molar-refractivity contribution in [3.63, 3.8) is 0 Å². The molecule has 0 unspecified atom stereocenters. The molecular weight excluding hydrogens is 410 g/mol. The lowest BCUT2D eigenvalue weighted by atomic mass is 9.88. The third kappa shape index (κ3) is 5.53. The van der Waals surface area contributed by atoms with Crippen molar-refractivity contribution in [2.75, 3.05) is 26.2 Å². The molecule has 3 rings (SSSR count). The van der Waals surface area contributed by atoms with Gasteiger partial charge in [-0.25, -0.2) is 0 Å². The Hall–Kier alpha value is -2.67. The number of hydrogen-bond acceptors (Lipinski definition) is 4. The van der Waals surface area contributed by atoms with Gasteiger partial charge in [0.15, 0.2) is 0 Å². The Labute approximate surface area is 188 Å². The summed E-state index contributed by atoms with van der Waals surface area (Å²) < 4.78 is 0. The van der Waals surface area contributed by atoms with Gasteiger partial charge in [0.1, 0.15) is 6.04 Å². The summed E-state index contributed by atoms with van der Waals surface area (Å²) in [7, 11) is 0. The van der Waals surface area contributed by atoms with Crippen molar-refractivity contribution in [2.24, 2.45) is 5.92 Å². The fourth-order valence-electron chi connectivity index (χ4n) is 4.13. The summed E-state index contributed by atoms with van der Waals surface area (Å²) in [5.74, 6) is -0.230. The van der Waals surface area contributed by atoms with E-state index in [0.29, 0.717) is 49.5 Å². The molecule has 3 amide bonds. The van der Waals surface area contributed by atoms with Crippen molar-refractivity contribution >= 4 is 29.1 Å². The van der Waals surface area contributed by atoms with Gasteiger partial charge in [0.25, 0.3) is 11.8 Å². The van der Waals surface area contributed by atoms with Crippen LogP contribution in [0.25, 0.3) is 0 Å². The predicted molar refractivity (Wildman–Crippen MR) is 123 cm³/mol. The molecule has 1 saturated heterocycles. The van der Waals surface area contributed by atoms with Crippen molar-refractivity contribution in [2.45, 2.75) is 39.7 Å². The molecule has 2 aromatic rings. The van der Waals surface area contributed by atoms with E-state index < -0.39 is 6.04 Å². The smallest absolute Gasteiger partial charge is 0.262 e. The van der Waals surface area contributed by atoms with Crippen molar-refractivity contribution in [1.82, 2.24) is 15.1 Å². The third-order valence-electron chi connectivity index (χ3n) is 5.94. The summed E-state index contributed by atoms with van der Waals surface area (Å²) in [5, 5.41) is 4.85. The van der Waals surface area contributed by atoms with Gasteiger partial charge in [0, 0.05) is 31.7 Å². The maximum Gasteiger partial charge on any atom is 0.262 e. The van der Waals surface area contributed by atoms with Gasteiger partial charge in [0.05, 0.1) is 4.88 Å². The fourth-order valence-corrected chi connectivity index (χ4v) is 4.76. The van der Waals surface area contributed by atoms with Crippen LogP contribution in [0.3, 0.4) is 0 Å². The molecule has 31 heavy (non-hydrogen) atoms. The predicted octanol–water partition coefficient (Wildman–Crippen LogP) is 3.58. The first kappa shape index (κ1) is 23.0. The largest absolute Gasteiger partial charge is 0.341 e. The molecule has 0 bridgehead atoms. The van der Waals surface area contributed by atoms with Gasteiger partial charge in [0.2, 0.25) is 5.91 Å². The zero-order valence-electron chi connectivity index (χ0n) is 18.5. The quantitative estimate of drug-likeness (QED) is 0.714. The molecule has 1 aliphatic heterocycles. The van der Waals surface area contributed by atoms with Crippen LogP contribution < -0.4 is 5.32 Å². The first-order chi connectivity index (χ1) is 14.9. The minimum absolute atomic E-state index is 0.00132. The first-order valence-electron chi connectivity index (χ1n) is 10.9. The lowest BCUT2D eigenvalue weighted by molar-refractivity contribution is -0.134. The number of piperidine rings is 1. The van der Waals surface area contributed by atoms with Crippen LogP contribution in [-0.2, 0) is 4.79 Å². The Morgan fingerprint density at radius 1 is 1.13 bits per heavy atom. The molecule has 0 saturated carbocycles. The normalized spacial score (nSPS) is 15.4. The summed E-state index contributed by atoms with van der Waals surface area (Å²) in [6.45, 7) is 8.23. The SMILES string of the molecule is CCN(CC)C(=O)[C@@H](NC(=O)c1cccs1)C1CCN(C(=O)c2cccc(C)c2)CC1. The zero-order valence-corrected chi connectivity index (χ0v) is 19.3. The minimum atomic E-state index is -0.578. The summed E-state index contributed by atoms with van der Waals surface area (Å²) in [4.78, 5) is 43.0. The van der Waals surface area contributed by atoms with Crippen LogP contribution in [0.2, 0.25) is 0 Å². The van der Waals surface area contributed by atoms with E-state index in [-0.39, 0.29) is 23.6 Å². The molecule has 1 N–H and O–H groups in total. The van der Waals surface area contributed by atoms with Crippen LogP contribution >= 0.6 is 11.3 Å². The number of carbonyl (C=O) groups excluding carboxylic acids is 3. The molecule has 0 spiro atoms. The second kappa shape index (κ2) is 10.6. The standard InChI is InChI=1S/C24H31N3O3S/c1-4-26(5-2)24(30)21(25-22(28)20-10-7-15-31-20)18-11-13-27(14-12-18)23(29)19-9-6-8-17(3)16-19/h6-10,15-16,18,21H,4-5,11-14H2,1-3H3,(H,25,28)/t21-/m0/s1. The van der Waals surface area contributed by atoms with Gasteiger partial charge in [-0.3, -0.25) is 14.4 Å². The van der Waals surface area contributed by atoms with Crippen molar-refractivity contribution in [3.8, 4) is 0 Å². The molecule has 1 atom stereocenters. The maximum absolute atomic E-state index is 13.2. The molecule has 0 radical (unpaired) electrons. The van der Waals surface area contributed by atoms with Crippen LogP contribution in [0, 0.1) is 12.8 Å². The monoisotopic (exact) mass is 441 g/mol. The van der Waals surface area contributed by atoms with Gasteiger partial charge in [-0.05, 0) is 63.1 Å². The molecule has 6 nitrogen and oxygen atoms in total. The number of aryl methyl sites for hydroxylation is 1. The topological polar surface area (TPSA) is 69.7 Å². The average molecular weight is 442 g/mol. The van der Waals surface area contributed by atoms with E-state index in [1.165, 1.54) is 11.3 Å². The van der Waals surface area contributed by atoms with Gasteiger partial charge in [-0.15, -0.1) is 11.3 Å². The number of likely N-dealkylation sites (N-methyl/N-ethyl adjacent to an activating group) is 1. The first-order valence-corrected chi connectivity index (χ1v) is 11.8. The minimum Gasteiger partial charge on any atom is -0.341 e. The van der Waals surface area contributed by atoms with Crippen molar-refractivity contribution in [3.05, 3.63) is 57.8 Å². The highest BCUT2D eigenvalue weighted by molar-refractivity contribution is 7.12. The number of carbonyl (C=O) groups is 3. The van der Waals surface area contributed by atoms with E-state index in [0.717, 1.165) is 5.56 Å². The Morgan fingerprint density at radius 3 is 2.42 bits per heavy atom. The molecule has 0 aliphatic carbocycles. The van der Waals surface area contributed by atoms with E-state index in [1.807, 2.05) is 61.4 Å². The van der Waals surface area contributed by atoms with Crippen molar-refractivity contribution in [1.29, 1.82) is 0 Å². The molecule has 2 heterocycles. The van der Waals surface area contributed by atoms with E-state index >= 15 is 0 Å². The average Bonchev–Trinajstić information content (AvgIpc) is 3.33. The second-order valence-corrected chi connectivity index (χ2v) is 8.89. The highest BCUT2D eigenvalue weighted by Gasteiger charge is 2.35. The van der Waals surface area contributed by atoms with Crippen molar-refractivity contribution < 1.29 is 14.4 Å².